The standard InChI is InChI=1S/C12H14FN3O2S2/c1-7(2)20(17,18)16-12-15-11(6-19-12)9-4-3-8(13)5-10(9)14/h3-7H,14H2,1-2H3,(H,15,16). The van der Waals surface area contributed by atoms with Crippen molar-refractivity contribution in [3.8, 4) is 11.3 Å². The van der Waals surface area contributed by atoms with Gasteiger partial charge in [0.15, 0.2) is 5.13 Å². The second-order valence-electron chi connectivity index (χ2n) is 4.47. The van der Waals surface area contributed by atoms with Crippen LogP contribution < -0.4 is 10.5 Å². The highest BCUT2D eigenvalue weighted by atomic mass is 32.2. The quantitative estimate of drug-likeness (QED) is 0.850. The SMILES string of the molecule is CC(C)S(=O)(=O)Nc1nc(-c2ccc(F)cc2N)cs1. The van der Waals surface area contributed by atoms with Crippen molar-refractivity contribution < 1.29 is 12.8 Å². The molecule has 0 saturated heterocycles. The Hall–Kier alpha value is -1.67. The fourth-order valence-electron chi connectivity index (χ4n) is 1.45. The number of nitrogen functional groups attached to an aromatic ring is 1. The van der Waals surface area contributed by atoms with E-state index < -0.39 is 21.1 Å². The second kappa shape index (κ2) is 5.37. The highest BCUT2D eigenvalue weighted by Gasteiger charge is 2.18. The zero-order valence-corrected chi connectivity index (χ0v) is 12.6. The molecule has 1 aromatic heterocycles. The van der Waals surface area contributed by atoms with Gasteiger partial charge in [0.1, 0.15) is 5.82 Å². The van der Waals surface area contributed by atoms with Gasteiger partial charge in [0, 0.05) is 16.6 Å². The van der Waals surface area contributed by atoms with Gasteiger partial charge in [-0.15, -0.1) is 11.3 Å². The van der Waals surface area contributed by atoms with E-state index in [-0.39, 0.29) is 10.8 Å². The summed E-state index contributed by atoms with van der Waals surface area (Å²) in [7, 11) is -3.43. The molecular formula is C12H14FN3O2S2. The van der Waals surface area contributed by atoms with Crippen molar-refractivity contribution in [3.63, 3.8) is 0 Å². The molecule has 0 radical (unpaired) electrons. The molecule has 0 spiro atoms. The van der Waals surface area contributed by atoms with Crippen LogP contribution in [0.5, 0.6) is 0 Å². The van der Waals surface area contributed by atoms with Gasteiger partial charge in [-0.1, -0.05) is 0 Å². The Kier molecular flexibility index (Phi) is 3.96. The summed E-state index contributed by atoms with van der Waals surface area (Å²) in [5.41, 5.74) is 7.06. The average Bonchev–Trinajstić information content (AvgIpc) is 2.76. The van der Waals surface area contributed by atoms with Crippen LogP contribution in [0.1, 0.15) is 13.8 Å². The molecule has 108 valence electrons. The average molecular weight is 315 g/mol. The van der Waals surface area contributed by atoms with E-state index in [0.717, 1.165) is 11.3 Å². The molecule has 0 fully saturated rings. The van der Waals surface area contributed by atoms with E-state index >= 15 is 0 Å². The Morgan fingerprint density at radius 3 is 2.70 bits per heavy atom. The number of hydrogen-bond acceptors (Lipinski definition) is 5. The second-order valence-corrected chi connectivity index (χ2v) is 7.56. The minimum atomic E-state index is -3.43. The summed E-state index contributed by atoms with van der Waals surface area (Å²) in [5, 5.41) is 1.38. The van der Waals surface area contributed by atoms with Gasteiger partial charge in [-0.2, -0.15) is 0 Å². The van der Waals surface area contributed by atoms with Gasteiger partial charge >= 0.3 is 0 Å². The van der Waals surface area contributed by atoms with Crippen LogP contribution in [0, 0.1) is 5.82 Å². The molecule has 0 bridgehead atoms. The van der Waals surface area contributed by atoms with E-state index in [1.54, 1.807) is 19.2 Å². The fourth-order valence-corrected chi connectivity index (χ4v) is 3.07. The largest absolute Gasteiger partial charge is 0.398 e. The predicted octanol–water partition coefficient (Wildman–Crippen LogP) is 2.68. The molecule has 20 heavy (non-hydrogen) atoms. The fraction of sp³-hybridized carbons (Fsp3) is 0.250. The van der Waals surface area contributed by atoms with E-state index in [2.05, 4.69) is 9.71 Å². The molecule has 2 aromatic rings. The van der Waals surface area contributed by atoms with Crippen molar-refractivity contribution >= 4 is 32.2 Å². The van der Waals surface area contributed by atoms with Crippen LogP contribution in [0.15, 0.2) is 23.6 Å². The van der Waals surface area contributed by atoms with E-state index in [4.69, 9.17) is 5.73 Å². The minimum Gasteiger partial charge on any atom is -0.398 e. The molecule has 0 aliphatic carbocycles. The van der Waals surface area contributed by atoms with E-state index in [1.807, 2.05) is 0 Å². The van der Waals surface area contributed by atoms with Crippen molar-refractivity contribution in [2.24, 2.45) is 0 Å². The molecule has 0 saturated carbocycles. The monoisotopic (exact) mass is 315 g/mol. The summed E-state index contributed by atoms with van der Waals surface area (Å²) < 4.78 is 38.9. The van der Waals surface area contributed by atoms with Gasteiger partial charge in [-0.3, -0.25) is 4.72 Å². The van der Waals surface area contributed by atoms with Gasteiger partial charge in [-0.05, 0) is 32.0 Å². The van der Waals surface area contributed by atoms with Crippen LogP contribution in [0.2, 0.25) is 0 Å². The van der Waals surface area contributed by atoms with Crippen molar-refractivity contribution in [2.75, 3.05) is 10.5 Å². The molecule has 5 nitrogen and oxygen atoms in total. The first-order chi connectivity index (χ1) is 9.29. The molecule has 0 unspecified atom stereocenters. The van der Waals surface area contributed by atoms with Crippen molar-refractivity contribution in [1.82, 2.24) is 4.98 Å². The summed E-state index contributed by atoms with van der Waals surface area (Å²) in [6.07, 6.45) is 0. The summed E-state index contributed by atoms with van der Waals surface area (Å²) in [4.78, 5) is 4.16. The summed E-state index contributed by atoms with van der Waals surface area (Å²) in [6, 6.07) is 4.00. The lowest BCUT2D eigenvalue weighted by atomic mass is 10.1. The van der Waals surface area contributed by atoms with Crippen LogP contribution in [0.3, 0.4) is 0 Å². The number of nitrogens with two attached hydrogens (primary N) is 1. The van der Waals surface area contributed by atoms with Gasteiger partial charge < -0.3 is 5.73 Å². The Labute approximate surface area is 120 Å². The van der Waals surface area contributed by atoms with Crippen molar-refractivity contribution in [2.45, 2.75) is 19.1 Å². The molecule has 0 aliphatic rings. The maximum Gasteiger partial charge on any atom is 0.236 e. The lowest BCUT2D eigenvalue weighted by Gasteiger charge is -2.07. The third kappa shape index (κ3) is 3.07. The Bertz CT molecular complexity index is 726. The molecule has 8 heteroatoms. The first kappa shape index (κ1) is 14.7. The molecule has 0 aliphatic heterocycles. The lowest BCUT2D eigenvalue weighted by molar-refractivity contribution is 0.592. The van der Waals surface area contributed by atoms with Crippen LogP contribution in [-0.2, 0) is 10.0 Å². The minimum absolute atomic E-state index is 0.258. The number of hydrogen-bond donors (Lipinski definition) is 2. The number of sulfonamides is 1. The summed E-state index contributed by atoms with van der Waals surface area (Å²) in [5.74, 6) is -0.429. The Morgan fingerprint density at radius 1 is 1.40 bits per heavy atom. The number of rotatable bonds is 4. The van der Waals surface area contributed by atoms with Crippen LogP contribution >= 0.6 is 11.3 Å². The molecule has 0 atom stereocenters. The zero-order chi connectivity index (χ0) is 14.9. The van der Waals surface area contributed by atoms with Gasteiger partial charge in [0.2, 0.25) is 10.0 Å². The topological polar surface area (TPSA) is 85.1 Å². The molecule has 2 rings (SSSR count). The Balaban J connectivity index is 2.30. The maximum absolute atomic E-state index is 13.0. The van der Waals surface area contributed by atoms with E-state index in [9.17, 15) is 12.8 Å². The zero-order valence-electron chi connectivity index (χ0n) is 10.9. The van der Waals surface area contributed by atoms with Gasteiger partial charge in [0.25, 0.3) is 0 Å². The number of thiazole rings is 1. The normalized spacial score (nSPS) is 11.8. The summed E-state index contributed by atoms with van der Waals surface area (Å²) in [6.45, 7) is 3.16. The highest BCUT2D eigenvalue weighted by Crippen LogP contribution is 2.30. The number of anilines is 2. The Morgan fingerprint density at radius 2 is 2.10 bits per heavy atom. The van der Waals surface area contributed by atoms with E-state index in [0.29, 0.717) is 11.3 Å². The number of benzene rings is 1. The van der Waals surface area contributed by atoms with Crippen LogP contribution in [0.4, 0.5) is 15.2 Å². The van der Waals surface area contributed by atoms with Crippen molar-refractivity contribution in [3.05, 3.63) is 29.4 Å². The van der Waals surface area contributed by atoms with Crippen LogP contribution in [0.25, 0.3) is 11.3 Å². The highest BCUT2D eigenvalue weighted by molar-refractivity contribution is 7.93. The van der Waals surface area contributed by atoms with Gasteiger partial charge in [0.05, 0.1) is 10.9 Å². The molecular weight excluding hydrogens is 301 g/mol. The van der Waals surface area contributed by atoms with Crippen molar-refractivity contribution in [1.29, 1.82) is 0 Å². The molecule has 0 amide bonds. The summed E-state index contributed by atoms with van der Waals surface area (Å²) >= 11 is 1.15. The lowest BCUT2D eigenvalue weighted by Crippen LogP contribution is -2.22. The first-order valence-corrected chi connectivity index (χ1v) is 8.25. The third-order valence-electron chi connectivity index (χ3n) is 2.64. The first-order valence-electron chi connectivity index (χ1n) is 5.82. The number of nitrogens with one attached hydrogen (secondary N) is 1. The van der Waals surface area contributed by atoms with Gasteiger partial charge in [-0.25, -0.2) is 17.8 Å². The van der Waals surface area contributed by atoms with Crippen LogP contribution in [-0.4, -0.2) is 18.7 Å². The number of nitrogens with zero attached hydrogens (tertiary/aromatic N) is 1. The molecule has 1 heterocycles. The maximum atomic E-state index is 13.0. The number of halogens is 1. The third-order valence-corrected chi connectivity index (χ3v) is 5.25. The predicted molar refractivity (Wildman–Crippen MR) is 79.6 cm³/mol. The molecule has 1 aromatic carbocycles. The number of aromatic nitrogens is 1. The smallest absolute Gasteiger partial charge is 0.236 e. The van der Waals surface area contributed by atoms with E-state index in [1.165, 1.54) is 18.2 Å². The molecule has 3 N–H and O–H groups in total.